The third-order valence-electron chi connectivity index (χ3n) is 5.41. The largest absolute Gasteiger partial charge is 1.00 e. The monoisotopic (exact) mass is 434 g/mol. The maximum Gasteiger partial charge on any atom is 0.254 e. The van der Waals surface area contributed by atoms with E-state index in [0.717, 1.165) is 53.2 Å². The Labute approximate surface area is 186 Å². The third-order valence-corrected chi connectivity index (χ3v) is 6.30. The lowest BCUT2D eigenvalue weighted by molar-refractivity contribution is -0.0000155. The van der Waals surface area contributed by atoms with E-state index >= 15 is 0 Å². The number of amides is 1. The van der Waals surface area contributed by atoms with Crippen LogP contribution in [0.1, 0.15) is 10.4 Å². The molecule has 3 heterocycles. The average Bonchev–Trinajstić information content (AvgIpc) is 3.34. The molecule has 0 bridgehead atoms. The van der Waals surface area contributed by atoms with Gasteiger partial charge in [-0.25, -0.2) is 4.98 Å². The van der Waals surface area contributed by atoms with Gasteiger partial charge >= 0.3 is 0 Å². The highest BCUT2D eigenvalue weighted by Crippen LogP contribution is 2.29. The molecule has 4 nitrogen and oxygen atoms in total. The molecular formula is C24H21ClN3OS-. The van der Waals surface area contributed by atoms with Crippen LogP contribution < -0.4 is 17.3 Å². The molecule has 2 aromatic heterocycles. The normalized spacial score (nSPS) is 13.9. The topological polar surface area (TPSA) is 36.4 Å². The second-order valence-corrected chi connectivity index (χ2v) is 8.11. The Morgan fingerprint density at radius 2 is 1.60 bits per heavy atom. The number of nitrogens with zero attached hydrogens (tertiary/aromatic N) is 3. The van der Waals surface area contributed by atoms with Gasteiger partial charge in [0.2, 0.25) is 0 Å². The van der Waals surface area contributed by atoms with Gasteiger partial charge in [-0.05, 0) is 35.7 Å². The molecule has 152 valence electrons. The molecule has 0 saturated carbocycles. The fourth-order valence-electron chi connectivity index (χ4n) is 3.88. The Hall–Kier alpha value is -2.89. The summed E-state index contributed by atoms with van der Waals surface area (Å²) in [6.07, 6.45) is 0. The first-order valence-electron chi connectivity index (χ1n) is 9.82. The summed E-state index contributed by atoms with van der Waals surface area (Å²) >= 11 is 1.64. The van der Waals surface area contributed by atoms with Gasteiger partial charge in [0.25, 0.3) is 5.91 Å². The number of anilines is 1. The van der Waals surface area contributed by atoms with E-state index in [1.54, 1.807) is 11.3 Å². The predicted molar refractivity (Wildman–Crippen MR) is 120 cm³/mol. The molecule has 30 heavy (non-hydrogen) atoms. The van der Waals surface area contributed by atoms with E-state index in [2.05, 4.69) is 35.2 Å². The minimum Gasteiger partial charge on any atom is -1.00 e. The van der Waals surface area contributed by atoms with Crippen LogP contribution in [-0.4, -0.2) is 42.0 Å². The SMILES string of the molecule is O=C(c1cc(-c2cccs2)nc2ccccc12)N1CCN(c2ccccc2)CC1.[Cl-]. The van der Waals surface area contributed by atoms with Crippen molar-refractivity contribution in [3.63, 3.8) is 0 Å². The number of fused-ring (bicyclic) bond motifs is 1. The zero-order valence-corrected chi connectivity index (χ0v) is 17.9. The molecular weight excluding hydrogens is 414 g/mol. The molecule has 1 saturated heterocycles. The Bertz CT molecular complexity index is 1140. The Morgan fingerprint density at radius 1 is 0.867 bits per heavy atom. The van der Waals surface area contributed by atoms with Crippen molar-refractivity contribution in [3.8, 4) is 10.6 Å². The standard InChI is InChI=1S/C24H21N3OS.ClH/c28-24(27-14-12-26(13-15-27)18-7-2-1-3-8-18)20-17-22(23-11-6-16-29-23)25-21-10-5-4-9-19(20)21;/h1-11,16-17H,12-15H2;1H/p-1. The Morgan fingerprint density at radius 3 is 2.33 bits per heavy atom. The van der Waals surface area contributed by atoms with Crippen LogP contribution in [0.25, 0.3) is 21.5 Å². The minimum absolute atomic E-state index is 0. The number of para-hydroxylation sites is 2. The summed E-state index contributed by atoms with van der Waals surface area (Å²) in [5.74, 6) is 0.0918. The first-order chi connectivity index (χ1) is 14.3. The zero-order valence-electron chi connectivity index (χ0n) is 16.4. The first kappa shape index (κ1) is 20.4. The number of carbonyl (C=O) groups excluding carboxylic acids is 1. The highest BCUT2D eigenvalue weighted by Gasteiger charge is 2.24. The maximum absolute atomic E-state index is 13.5. The molecule has 1 aliphatic rings. The van der Waals surface area contributed by atoms with E-state index in [1.807, 2.05) is 52.7 Å². The zero-order chi connectivity index (χ0) is 19.6. The van der Waals surface area contributed by atoms with Crippen LogP contribution in [0, 0.1) is 0 Å². The van der Waals surface area contributed by atoms with Crippen LogP contribution >= 0.6 is 11.3 Å². The number of benzene rings is 2. The number of aromatic nitrogens is 1. The van der Waals surface area contributed by atoms with Crippen molar-refractivity contribution in [2.45, 2.75) is 0 Å². The third kappa shape index (κ3) is 3.91. The van der Waals surface area contributed by atoms with Crippen LogP contribution in [0.15, 0.2) is 78.2 Å². The molecule has 0 N–H and O–H groups in total. The maximum atomic E-state index is 13.5. The van der Waals surface area contributed by atoms with Crippen LogP contribution in [0.4, 0.5) is 5.69 Å². The van der Waals surface area contributed by atoms with E-state index in [0.29, 0.717) is 0 Å². The first-order valence-corrected chi connectivity index (χ1v) is 10.7. The van der Waals surface area contributed by atoms with Gasteiger partial charge in [-0.1, -0.05) is 42.5 Å². The second kappa shape index (κ2) is 8.86. The molecule has 1 fully saturated rings. The van der Waals surface area contributed by atoms with Gasteiger partial charge < -0.3 is 22.2 Å². The summed E-state index contributed by atoms with van der Waals surface area (Å²) in [4.78, 5) is 23.6. The van der Waals surface area contributed by atoms with Crippen LogP contribution in [0.2, 0.25) is 0 Å². The van der Waals surface area contributed by atoms with Gasteiger partial charge in [0, 0.05) is 37.3 Å². The molecule has 0 aliphatic carbocycles. The number of halogens is 1. The molecule has 2 aromatic carbocycles. The van der Waals surface area contributed by atoms with Crippen molar-refractivity contribution in [1.82, 2.24) is 9.88 Å². The van der Waals surface area contributed by atoms with E-state index in [4.69, 9.17) is 4.98 Å². The summed E-state index contributed by atoms with van der Waals surface area (Å²) in [5.41, 5.74) is 3.69. The molecule has 0 spiro atoms. The van der Waals surface area contributed by atoms with E-state index in [1.165, 1.54) is 5.69 Å². The fourth-order valence-corrected chi connectivity index (χ4v) is 4.57. The van der Waals surface area contributed by atoms with E-state index in [9.17, 15) is 4.79 Å². The van der Waals surface area contributed by atoms with Gasteiger partial charge in [0.05, 0.1) is 21.7 Å². The highest BCUT2D eigenvalue weighted by atomic mass is 35.5. The minimum atomic E-state index is 0. The van der Waals surface area contributed by atoms with E-state index in [-0.39, 0.29) is 18.3 Å². The molecule has 5 rings (SSSR count). The summed E-state index contributed by atoms with van der Waals surface area (Å²) in [6, 6.07) is 24.3. The molecule has 0 atom stereocenters. The lowest BCUT2D eigenvalue weighted by atomic mass is 10.1. The quantitative estimate of drug-likeness (QED) is 0.494. The Kier molecular flexibility index (Phi) is 6.02. The molecule has 0 radical (unpaired) electrons. The predicted octanol–water partition coefficient (Wildman–Crippen LogP) is 1.93. The van der Waals surface area contributed by atoms with E-state index < -0.39 is 0 Å². The van der Waals surface area contributed by atoms with Crippen molar-refractivity contribution in [2.75, 3.05) is 31.1 Å². The molecule has 0 unspecified atom stereocenters. The number of hydrogen-bond acceptors (Lipinski definition) is 4. The lowest BCUT2D eigenvalue weighted by Gasteiger charge is -2.36. The lowest BCUT2D eigenvalue weighted by Crippen LogP contribution is -3.00. The number of carbonyl (C=O) groups is 1. The number of piperazine rings is 1. The summed E-state index contributed by atoms with van der Waals surface area (Å²) < 4.78 is 0. The van der Waals surface area contributed by atoms with Crippen LogP contribution in [0.3, 0.4) is 0 Å². The molecule has 1 aliphatic heterocycles. The van der Waals surface area contributed by atoms with Crippen LogP contribution in [-0.2, 0) is 0 Å². The number of hydrogen-bond donors (Lipinski definition) is 0. The summed E-state index contributed by atoms with van der Waals surface area (Å²) in [6.45, 7) is 3.13. The average molecular weight is 435 g/mol. The highest BCUT2D eigenvalue weighted by molar-refractivity contribution is 7.13. The molecule has 6 heteroatoms. The number of pyridine rings is 1. The van der Waals surface area contributed by atoms with Gasteiger partial charge in [-0.3, -0.25) is 4.79 Å². The van der Waals surface area contributed by atoms with Gasteiger partial charge in [0.15, 0.2) is 0 Å². The van der Waals surface area contributed by atoms with Crippen molar-refractivity contribution < 1.29 is 17.2 Å². The molecule has 1 amide bonds. The van der Waals surface area contributed by atoms with Gasteiger partial charge in [-0.2, -0.15) is 0 Å². The smallest absolute Gasteiger partial charge is 0.254 e. The molecule has 4 aromatic rings. The van der Waals surface area contributed by atoms with Gasteiger partial charge in [0.1, 0.15) is 0 Å². The second-order valence-electron chi connectivity index (χ2n) is 7.16. The number of rotatable bonds is 3. The van der Waals surface area contributed by atoms with Crippen molar-refractivity contribution in [3.05, 3.63) is 83.7 Å². The number of thiophene rings is 1. The fraction of sp³-hybridized carbons (Fsp3) is 0.167. The van der Waals surface area contributed by atoms with Crippen LogP contribution in [0.5, 0.6) is 0 Å². The Balaban J connectivity index is 0.00000218. The summed E-state index contributed by atoms with van der Waals surface area (Å²) in [7, 11) is 0. The van der Waals surface area contributed by atoms with Crippen molar-refractivity contribution in [2.24, 2.45) is 0 Å². The van der Waals surface area contributed by atoms with Gasteiger partial charge in [-0.15, -0.1) is 11.3 Å². The summed E-state index contributed by atoms with van der Waals surface area (Å²) in [5, 5.41) is 2.96. The van der Waals surface area contributed by atoms with Crippen molar-refractivity contribution >= 4 is 33.8 Å². The van der Waals surface area contributed by atoms with Crippen molar-refractivity contribution in [1.29, 1.82) is 0 Å².